The Morgan fingerprint density at radius 1 is 0.550 bits per heavy atom. The van der Waals surface area contributed by atoms with Crippen LogP contribution in [0.2, 0.25) is 0 Å². The van der Waals surface area contributed by atoms with Crippen LogP contribution in [0, 0.1) is 0 Å². The molecule has 0 heterocycles. The van der Waals surface area contributed by atoms with Crippen LogP contribution in [0.3, 0.4) is 0 Å². The third kappa shape index (κ3) is 29.1. The Balaban J connectivity index is 2.47. The zero-order chi connectivity index (χ0) is 44.1. The number of carbonyl (C=O) groups excluding carboxylic acids is 1. The van der Waals surface area contributed by atoms with Crippen molar-refractivity contribution < 1.29 is 58.3 Å². The summed E-state index contributed by atoms with van der Waals surface area (Å²) in [4.78, 5) is 23.1. The van der Waals surface area contributed by atoms with Crippen molar-refractivity contribution in [3.05, 3.63) is 72.9 Å². The molecule has 60 heavy (non-hydrogen) atoms. The molecule has 0 radical (unpaired) electrons. The molecule has 1 aliphatic rings. The molecule has 0 saturated heterocycles. The minimum absolute atomic E-state index is 0.0590. The first-order valence-electron chi connectivity index (χ1n) is 22.8. The van der Waals surface area contributed by atoms with Gasteiger partial charge >= 0.3 is 13.8 Å². The lowest BCUT2D eigenvalue weighted by Gasteiger charge is -2.41. The first-order valence-corrected chi connectivity index (χ1v) is 24.3. The molecule has 1 fully saturated rings. The number of hydrogen-bond acceptors (Lipinski definition) is 11. The van der Waals surface area contributed by atoms with E-state index in [1.54, 1.807) is 0 Å². The van der Waals surface area contributed by atoms with Crippen LogP contribution >= 0.6 is 7.82 Å². The molecule has 13 heteroatoms. The van der Waals surface area contributed by atoms with E-state index in [9.17, 15) is 39.8 Å². The van der Waals surface area contributed by atoms with Crippen LogP contribution in [-0.4, -0.2) is 98.9 Å². The van der Waals surface area contributed by atoms with E-state index in [-0.39, 0.29) is 13.0 Å². The van der Waals surface area contributed by atoms with E-state index < -0.39 is 63.1 Å². The van der Waals surface area contributed by atoms with Crippen LogP contribution in [0.15, 0.2) is 72.9 Å². The van der Waals surface area contributed by atoms with Crippen LogP contribution < -0.4 is 0 Å². The lowest BCUT2D eigenvalue weighted by atomic mass is 9.85. The van der Waals surface area contributed by atoms with Crippen molar-refractivity contribution in [2.75, 3.05) is 19.8 Å². The summed E-state index contributed by atoms with van der Waals surface area (Å²) in [6.07, 6.45) is 35.5. The van der Waals surface area contributed by atoms with Crippen LogP contribution in [0.25, 0.3) is 0 Å². The normalized spacial score (nSPS) is 23.0. The summed E-state index contributed by atoms with van der Waals surface area (Å²) >= 11 is 0. The molecular weight excluding hydrogens is 787 g/mol. The molecule has 0 amide bonds. The summed E-state index contributed by atoms with van der Waals surface area (Å²) in [5, 5.41) is 50.1. The number of unbranched alkanes of at least 4 members (excludes halogenated alkanes) is 13. The summed E-state index contributed by atoms with van der Waals surface area (Å²) in [5.41, 5.74) is 0. The van der Waals surface area contributed by atoms with Gasteiger partial charge in [-0.15, -0.1) is 0 Å². The molecule has 1 saturated carbocycles. The van der Waals surface area contributed by atoms with Crippen LogP contribution in [0.1, 0.15) is 155 Å². The van der Waals surface area contributed by atoms with Gasteiger partial charge in [-0.2, -0.15) is 0 Å². The Labute approximate surface area is 361 Å². The molecule has 6 N–H and O–H groups in total. The maximum atomic E-state index is 12.8. The molecular formula is C47H81O12P. The van der Waals surface area contributed by atoms with Gasteiger partial charge in [0.1, 0.15) is 42.7 Å². The van der Waals surface area contributed by atoms with Gasteiger partial charge in [-0.1, -0.05) is 170 Å². The number of allylic oxidation sites excluding steroid dienone is 12. The molecule has 1 rings (SSSR count). The highest BCUT2D eigenvalue weighted by atomic mass is 31.2. The molecule has 0 aromatic carbocycles. The van der Waals surface area contributed by atoms with E-state index in [0.717, 1.165) is 57.8 Å². The zero-order valence-electron chi connectivity index (χ0n) is 36.7. The van der Waals surface area contributed by atoms with Crippen molar-refractivity contribution in [3.8, 4) is 0 Å². The van der Waals surface area contributed by atoms with Crippen LogP contribution in [-0.2, 0) is 27.9 Å². The standard InChI is InChI=1S/C47H81O12P/c1-3-5-7-9-11-13-15-17-19-20-21-22-23-24-26-28-30-32-34-36-41(48)58-40(38-56-37-35-33-31-29-27-25-18-16-14-12-10-8-6-4-2)39-57-60(54,55)59-47-45(52)43(50)42(49)44(51)46(47)53/h5,7,11,13,17,19,21-22,24,26,30,32,40,42-47,49-53H,3-4,6,8-10,12,14-16,18,20,23,25,27-29,31,33-39H2,1-2H3,(H,54,55)/b7-5-,13-11-,19-17-,22-21-,26-24-,32-30-. The lowest BCUT2D eigenvalue weighted by molar-refractivity contribution is -0.220. The van der Waals surface area contributed by atoms with Gasteiger partial charge in [0, 0.05) is 13.0 Å². The van der Waals surface area contributed by atoms with Crippen molar-refractivity contribution in [3.63, 3.8) is 0 Å². The van der Waals surface area contributed by atoms with E-state index in [0.29, 0.717) is 13.0 Å². The summed E-state index contributed by atoms with van der Waals surface area (Å²) in [5.74, 6) is -0.560. The second kappa shape index (κ2) is 37.3. The number of carbonyl (C=O) groups is 1. The van der Waals surface area contributed by atoms with Gasteiger partial charge in [-0.25, -0.2) is 4.57 Å². The number of ether oxygens (including phenoxy) is 2. The summed E-state index contributed by atoms with van der Waals surface area (Å²) in [7, 11) is -5.04. The summed E-state index contributed by atoms with van der Waals surface area (Å²) in [6.45, 7) is 4.05. The molecule has 1 aliphatic carbocycles. The number of hydrogen-bond donors (Lipinski definition) is 6. The number of esters is 1. The molecule has 346 valence electrons. The fourth-order valence-electron chi connectivity index (χ4n) is 6.50. The van der Waals surface area contributed by atoms with Crippen LogP contribution in [0.4, 0.5) is 0 Å². The number of aliphatic hydroxyl groups excluding tert-OH is 5. The Morgan fingerprint density at radius 2 is 0.950 bits per heavy atom. The SMILES string of the molecule is CC/C=C\C/C=C\C/C=C\C/C=C\C/C=C\C/C=C\CCC(=O)OC(COCCCCCCCCCCCCCCCC)COP(=O)(O)OC1C(O)C(O)C(O)C(O)C1O. The van der Waals surface area contributed by atoms with E-state index in [4.69, 9.17) is 18.5 Å². The molecule has 0 bridgehead atoms. The van der Waals surface area contributed by atoms with E-state index in [1.165, 1.54) is 70.6 Å². The number of rotatable bonds is 37. The topological polar surface area (TPSA) is 192 Å². The predicted octanol–water partition coefficient (Wildman–Crippen LogP) is 9.19. The number of aliphatic hydroxyl groups is 5. The van der Waals surface area contributed by atoms with E-state index >= 15 is 0 Å². The molecule has 12 nitrogen and oxygen atoms in total. The Morgan fingerprint density at radius 3 is 1.40 bits per heavy atom. The first kappa shape index (κ1) is 55.8. The Hall–Kier alpha value is -2.22. The average molecular weight is 869 g/mol. The molecule has 0 spiro atoms. The van der Waals surface area contributed by atoms with Crippen molar-refractivity contribution >= 4 is 13.8 Å². The number of phosphoric acid groups is 1. The quantitative estimate of drug-likeness (QED) is 0.0150. The van der Waals surface area contributed by atoms with E-state index in [2.05, 4.69) is 74.6 Å². The molecule has 0 aromatic rings. The van der Waals surface area contributed by atoms with Crippen molar-refractivity contribution in [1.29, 1.82) is 0 Å². The van der Waals surface area contributed by atoms with Gasteiger partial charge in [0.25, 0.3) is 0 Å². The largest absolute Gasteiger partial charge is 0.472 e. The number of phosphoric ester groups is 1. The van der Waals surface area contributed by atoms with Gasteiger partial charge in [-0.3, -0.25) is 13.8 Å². The molecule has 6 atom stereocenters. The molecule has 0 aliphatic heterocycles. The average Bonchev–Trinajstić information content (AvgIpc) is 3.23. The van der Waals surface area contributed by atoms with Gasteiger partial charge in [-0.05, 0) is 51.4 Å². The van der Waals surface area contributed by atoms with Gasteiger partial charge in [0.15, 0.2) is 0 Å². The fraction of sp³-hybridized carbons (Fsp3) is 0.723. The van der Waals surface area contributed by atoms with Gasteiger partial charge < -0.3 is 39.9 Å². The Kier molecular flexibility index (Phi) is 34.7. The fourth-order valence-corrected chi connectivity index (χ4v) is 7.47. The minimum Gasteiger partial charge on any atom is -0.457 e. The predicted molar refractivity (Wildman–Crippen MR) is 239 cm³/mol. The minimum atomic E-state index is -5.04. The van der Waals surface area contributed by atoms with Crippen molar-refractivity contribution in [1.82, 2.24) is 0 Å². The maximum absolute atomic E-state index is 12.8. The van der Waals surface area contributed by atoms with Crippen molar-refractivity contribution in [2.45, 2.75) is 198 Å². The highest BCUT2D eigenvalue weighted by Crippen LogP contribution is 2.47. The zero-order valence-corrected chi connectivity index (χ0v) is 37.6. The monoisotopic (exact) mass is 869 g/mol. The third-order valence-corrected chi connectivity index (χ3v) is 11.1. The van der Waals surface area contributed by atoms with Crippen LogP contribution in [0.5, 0.6) is 0 Å². The first-order chi connectivity index (χ1) is 29.0. The van der Waals surface area contributed by atoms with Crippen molar-refractivity contribution in [2.24, 2.45) is 0 Å². The van der Waals surface area contributed by atoms with Gasteiger partial charge in [0.2, 0.25) is 0 Å². The molecule has 6 unspecified atom stereocenters. The van der Waals surface area contributed by atoms with E-state index in [1.807, 2.05) is 12.2 Å². The third-order valence-electron chi connectivity index (χ3n) is 10.1. The van der Waals surface area contributed by atoms with Gasteiger partial charge in [0.05, 0.1) is 13.2 Å². The lowest BCUT2D eigenvalue weighted by Crippen LogP contribution is -2.64. The smallest absolute Gasteiger partial charge is 0.457 e. The summed E-state index contributed by atoms with van der Waals surface area (Å²) < 4.78 is 34.1. The molecule has 0 aromatic heterocycles. The second-order valence-electron chi connectivity index (χ2n) is 15.5. The highest BCUT2D eigenvalue weighted by molar-refractivity contribution is 7.47. The Bertz CT molecular complexity index is 1260. The highest BCUT2D eigenvalue weighted by Gasteiger charge is 2.51. The second-order valence-corrected chi connectivity index (χ2v) is 16.9. The maximum Gasteiger partial charge on any atom is 0.472 e. The summed E-state index contributed by atoms with van der Waals surface area (Å²) in [6, 6.07) is 0.